The van der Waals surface area contributed by atoms with Crippen LogP contribution in [0.25, 0.3) is 0 Å². The van der Waals surface area contributed by atoms with Gasteiger partial charge in [-0.1, -0.05) is 6.92 Å². The second-order valence-electron chi connectivity index (χ2n) is 5.31. The second-order valence-corrected chi connectivity index (χ2v) is 5.31. The first-order chi connectivity index (χ1) is 9.36. The molecule has 0 aliphatic rings. The van der Waals surface area contributed by atoms with E-state index in [0.717, 1.165) is 19.4 Å². The lowest BCUT2D eigenvalue weighted by atomic mass is 10.2. The normalized spacial score (nSPS) is 12.7. The van der Waals surface area contributed by atoms with Crippen LogP contribution in [0.3, 0.4) is 0 Å². The molecule has 0 radical (unpaired) electrons. The summed E-state index contributed by atoms with van der Waals surface area (Å²) in [6, 6.07) is 0.0911. The van der Waals surface area contributed by atoms with Crippen LogP contribution in [0.2, 0.25) is 0 Å². The van der Waals surface area contributed by atoms with Crippen molar-refractivity contribution in [3.63, 3.8) is 0 Å². The first-order valence-corrected chi connectivity index (χ1v) is 6.90. The summed E-state index contributed by atoms with van der Waals surface area (Å²) in [5.41, 5.74) is 5.31. The van der Waals surface area contributed by atoms with Gasteiger partial charge in [0.1, 0.15) is 11.5 Å². The molecule has 1 atom stereocenters. The van der Waals surface area contributed by atoms with E-state index in [9.17, 15) is 9.59 Å². The molecule has 0 bridgehead atoms. The van der Waals surface area contributed by atoms with Crippen molar-refractivity contribution in [1.29, 1.82) is 0 Å². The molecule has 1 unspecified atom stereocenters. The van der Waals surface area contributed by atoms with Crippen LogP contribution in [0.15, 0.2) is 9.59 Å². The number of nitrogen functional groups attached to an aromatic ring is 1. The first-order valence-electron chi connectivity index (χ1n) is 6.90. The highest BCUT2D eigenvalue weighted by atomic mass is 16.2. The van der Waals surface area contributed by atoms with Crippen LogP contribution in [-0.4, -0.2) is 41.1 Å². The Hall–Kier alpha value is -1.76. The maximum atomic E-state index is 11.9. The zero-order valence-electron chi connectivity index (χ0n) is 12.7. The number of aromatic nitrogens is 2. The molecule has 1 rings (SSSR count). The average Bonchev–Trinajstić information content (AvgIpc) is 2.37. The van der Waals surface area contributed by atoms with Gasteiger partial charge in [-0.05, 0) is 40.4 Å². The van der Waals surface area contributed by atoms with Gasteiger partial charge >= 0.3 is 5.69 Å². The van der Waals surface area contributed by atoms with E-state index in [1.54, 1.807) is 0 Å². The Morgan fingerprint density at radius 2 is 2.05 bits per heavy atom. The first kappa shape index (κ1) is 16.3. The molecule has 0 amide bonds. The minimum absolute atomic E-state index is 0.0911. The van der Waals surface area contributed by atoms with E-state index in [1.165, 1.54) is 4.57 Å². The highest BCUT2D eigenvalue weighted by Crippen LogP contribution is 2.12. The molecule has 0 saturated heterocycles. The maximum Gasteiger partial charge on any atom is 0.330 e. The van der Waals surface area contributed by atoms with Gasteiger partial charge in [0.25, 0.3) is 5.56 Å². The van der Waals surface area contributed by atoms with Crippen LogP contribution < -0.4 is 22.3 Å². The topological polar surface area (TPSA) is 96.2 Å². The van der Waals surface area contributed by atoms with Gasteiger partial charge in [0.05, 0.1) is 0 Å². The minimum Gasteiger partial charge on any atom is -0.383 e. The SMILES string of the molecule is CCCn1c(N)c(NC(C)CCN(C)C)c(=O)[nH]c1=O. The number of H-pyrrole nitrogens is 1. The van der Waals surface area contributed by atoms with Crippen molar-refractivity contribution < 1.29 is 0 Å². The van der Waals surface area contributed by atoms with Crippen LogP contribution in [0, 0.1) is 0 Å². The van der Waals surface area contributed by atoms with Crippen LogP contribution in [0.5, 0.6) is 0 Å². The lowest BCUT2D eigenvalue weighted by Crippen LogP contribution is -2.35. The third-order valence-corrected chi connectivity index (χ3v) is 3.09. The van der Waals surface area contributed by atoms with Gasteiger partial charge in [0, 0.05) is 12.6 Å². The van der Waals surface area contributed by atoms with Crippen molar-refractivity contribution in [3.8, 4) is 0 Å². The smallest absolute Gasteiger partial charge is 0.330 e. The van der Waals surface area contributed by atoms with Crippen molar-refractivity contribution in [2.75, 3.05) is 31.7 Å². The van der Waals surface area contributed by atoms with Crippen molar-refractivity contribution in [2.24, 2.45) is 0 Å². The van der Waals surface area contributed by atoms with E-state index in [4.69, 9.17) is 5.73 Å². The number of anilines is 2. The molecule has 7 heteroatoms. The Balaban J connectivity index is 2.97. The monoisotopic (exact) mass is 283 g/mol. The summed E-state index contributed by atoms with van der Waals surface area (Å²) in [5.74, 6) is 0.206. The largest absolute Gasteiger partial charge is 0.383 e. The molecule has 1 aromatic heterocycles. The van der Waals surface area contributed by atoms with Crippen LogP contribution in [0.1, 0.15) is 26.7 Å². The Morgan fingerprint density at radius 3 is 2.60 bits per heavy atom. The molecular formula is C13H25N5O2. The fourth-order valence-corrected chi connectivity index (χ4v) is 1.94. The van der Waals surface area contributed by atoms with Crippen molar-refractivity contribution >= 4 is 11.5 Å². The van der Waals surface area contributed by atoms with E-state index in [1.807, 2.05) is 27.9 Å². The number of nitrogens with two attached hydrogens (primary N) is 1. The van der Waals surface area contributed by atoms with Crippen LogP contribution >= 0.6 is 0 Å². The number of hydrogen-bond donors (Lipinski definition) is 3. The van der Waals surface area contributed by atoms with Crippen molar-refractivity contribution in [1.82, 2.24) is 14.5 Å². The molecule has 0 aromatic carbocycles. The minimum atomic E-state index is -0.462. The van der Waals surface area contributed by atoms with Crippen LogP contribution in [-0.2, 0) is 6.54 Å². The summed E-state index contributed by atoms with van der Waals surface area (Å²) < 4.78 is 1.39. The lowest BCUT2D eigenvalue weighted by molar-refractivity contribution is 0.390. The molecule has 20 heavy (non-hydrogen) atoms. The highest BCUT2D eigenvalue weighted by Gasteiger charge is 2.14. The quantitative estimate of drug-likeness (QED) is 0.668. The lowest BCUT2D eigenvalue weighted by Gasteiger charge is -2.19. The standard InChI is InChI=1S/C13H25N5O2/c1-5-7-18-11(14)10(12(19)16-13(18)20)15-9(2)6-8-17(3)4/h9,15H,5-8,14H2,1-4H3,(H,16,19,20). The van der Waals surface area contributed by atoms with E-state index < -0.39 is 11.2 Å². The van der Waals surface area contributed by atoms with Gasteiger partial charge in [0.15, 0.2) is 0 Å². The summed E-state index contributed by atoms with van der Waals surface area (Å²) in [5, 5.41) is 3.10. The number of hydrogen-bond acceptors (Lipinski definition) is 5. The molecule has 1 heterocycles. The summed E-state index contributed by atoms with van der Waals surface area (Å²) in [7, 11) is 3.99. The van der Waals surface area contributed by atoms with E-state index >= 15 is 0 Å². The predicted octanol–water partition coefficient (Wildman–Crippen LogP) is 0.281. The average molecular weight is 283 g/mol. The molecule has 114 valence electrons. The van der Waals surface area contributed by atoms with Gasteiger partial charge < -0.3 is 16.0 Å². The summed E-state index contributed by atoms with van der Waals surface area (Å²) in [6.45, 7) is 5.32. The Kier molecular flexibility index (Phi) is 5.82. The van der Waals surface area contributed by atoms with Crippen molar-refractivity contribution in [3.05, 3.63) is 20.8 Å². The third kappa shape index (κ3) is 4.12. The third-order valence-electron chi connectivity index (χ3n) is 3.09. The molecular weight excluding hydrogens is 258 g/mol. The molecule has 4 N–H and O–H groups in total. The molecule has 0 aliphatic heterocycles. The zero-order chi connectivity index (χ0) is 15.3. The Bertz CT molecular complexity index is 547. The number of nitrogens with one attached hydrogen (secondary N) is 2. The fraction of sp³-hybridized carbons (Fsp3) is 0.692. The summed E-state index contributed by atoms with van der Waals surface area (Å²) >= 11 is 0. The molecule has 0 aliphatic carbocycles. The van der Waals surface area contributed by atoms with Gasteiger partial charge in [-0.2, -0.15) is 0 Å². The van der Waals surface area contributed by atoms with Crippen LogP contribution in [0.4, 0.5) is 11.5 Å². The maximum absolute atomic E-state index is 11.9. The van der Waals surface area contributed by atoms with E-state index in [0.29, 0.717) is 6.54 Å². The number of nitrogens with zero attached hydrogens (tertiary/aromatic N) is 2. The summed E-state index contributed by atoms with van der Waals surface area (Å²) in [4.78, 5) is 27.9. The van der Waals surface area contributed by atoms with E-state index in [-0.39, 0.29) is 17.5 Å². The fourth-order valence-electron chi connectivity index (χ4n) is 1.94. The molecule has 1 aromatic rings. The molecule has 7 nitrogen and oxygen atoms in total. The highest BCUT2D eigenvalue weighted by molar-refractivity contribution is 5.60. The molecule has 0 fully saturated rings. The molecule has 0 saturated carbocycles. The Morgan fingerprint density at radius 1 is 1.40 bits per heavy atom. The number of aromatic amines is 1. The predicted molar refractivity (Wildman–Crippen MR) is 82.3 cm³/mol. The van der Waals surface area contributed by atoms with E-state index in [2.05, 4.69) is 15.2 Å². The van der Waals surface area contributed by atoms with Gasteiger partial charge in [-0.15, -0.1) is 0 Å². The second kappa shape index (κ2) is 7.14. The zero-order valence-corrected chi connectivity index (χ0v) is 12.7. The van der Waals surface area contributed by atoms with Gasteiger partial charge in [-0.25, -0.2) is 4.79 Å². The van der Waals surface area contributed by atoms with Gasteiger partial charge in [-0.3, -0.25) is 14.3 Å². The Labute approximate surface area is 118 Å². The van der Waals surface area contributed by atoms with Crippen molar-refractivity contribution in [2.45, 2.75) is 39.3 Å². The summed E-state index contributed by atoms with van der Waals surface area (Å²) in [6.07, 6.45) is 1.64. The molecule has 0 spiro atoms. The number of rotatable bonds is 7. The van der Waals surface area contributed by atoms with Gasteiger partial charge in [0.2, 0.25) is 0 Å².